The zero-order valence-corrected chi connectivity index (χ0v) is 16.2. The summed E-state index contributed by atoms with van der Waals surface area (Å²) in [6.07, 6.45) is 0.859. The number of fused-ring (bicyclic) bond motifs is 5. The minimum absolute atomic E-state index is 0.123. The summed E-state index contributed by atoms with van der Waals surface area (Å²) < 4.78 is 0. The molecular weight excluding hydrogens is 463 g/mol. The molecule has 3 fully saturated rings. The Balaban J connectivity index is 1.55. The van der Waals surface area contributed by atoms with Gasteiger partial charge in [-0.3, -0.25) is 19.8 Å². The molecule has 3 amide bonds. The van der Waals surface area contributed by atoms with E-state index in [4.69, 9.17) is 11.6 Å². The van der Waals surface area contributed by atoms with Crippen molar-refractivity contribution in [1.29, 1.82) is 0 Å². The van der Waals surface area contributed by atoms with E-state index in [0.29, 0.717) is 10.6 Å². The lowest BCUT2D eigenvalue weighted by molar-refractivity contribution is -0.143. The number of nitrogens with zero attached hydrogens (tertiary/aromatic N) is 1. The van der Waals surface area contributed by atoms with Crippen molar-refractivity contribution in [2.24, 2.45) is 23.7 Å². The standard InChI is InChI=1S/C16H13Br2ClN2O3/c17-12-8-5-9(13(12)18)11-10(8)15(23)21(16(11)24)20-14(22)6-1-3-7(19)4-2-6/h1-4,8-13H,5H2,(H,20,22)/t8-,9+,10-,11+,12-,13+. The molecule has 24 heavy (non-hydrogen) atoms. The molecule has 5 nitrogen and oxygen atoms in total. The molecule has 1 aliphatic heterocycles. The van der Waals surface area contributed by atoms with Crippen molar-refractivity contribution in [2.45, 2.75) is 16.1 Å². The molecule has 0 spiro atoms. The normalized spacial score (nSPS) is 37.0. The molecule has 3 aliphatic rings. The first-order chi connectivity index (χ1) is 11.4. The fraction of sp³-hybridized carbons (Fsp3) is 0.438. The number of hydrazine groups is 1. The number of alkyl halides is 2. The summed E-state index contributed by atoms with van der Waals surface area (Å²) >= 11 is 13.1. The van der Waals surface area contributed by atoms with E-state index in [1.54, 1.807) is 24.3 Å². The summed E-state index contributed by atoms with van der Waals surface area (Å²) in [5, 5.41) is 1.42. The van der Waals surface area contributed by atoms with Crippen LogP contribution in [0, 0.1) is 23.7 Å². The highest BCUT2D eigenvalue weighted by Crippen LogP contribution is 2.59. The van der Waals surface area contributed by atoms with Gasteiger partial charge in [-0.05, 0) is 42.5 Å². The van der Waals surface area contributed by atoms with Gasteiger partial charge in [-0.15, -0.1) is 0 Å². The van der Waals surface area contributed by atoms with Crippen LogP contribution in [0.4, 0.5) is 0 Å². The smallest absolute Gasteiger partial charge is 0.270 e. The van der Waals surface area contributed by atoms with Crippen molar-refractivity contribution in [2.75, 3.05) is 0 Å². The van der Waals surface area contributed by atoms with Gasteiger partial charge < -0.3 is 0 Å². The summed E-state index contributed by atoms with van der Waals surface area (Å²) in [6.45, 7) is 0. The topological polar surface area (TPSA) is 66.5 Å². The monoisotopic (exact) mass is 474 g/mol. The molecule has 0 aromatic heterocycles. The number of halogens is 3. The SMILES string of the molecule is O=C(NN1C(=O)[C@@H]2[C@H]3C[C@H]([C@H](Br)[C@@H]3Br)[C@@H]2C1=O)c1ccc(Cl)cc1. The molecule has 126 valence electrons. The Morgan fingerprint density at radius 3 is 2.04 bits per heavy atom. The van der Waals surface area contributed by atoms with Crippen LogP contribution in [0.15, 0.2) is 24.3 Å². The number of carbonyl (C=O) groups excluding carboxylic acids is 3. The molecule has 1 aromatic rings. The van der Waals surface area contributed by atoms with Crippen molar-refractivity contribution in [3.63, 3.8) is 0 Å². The van der Waals surface area contributed by atoms with Crippen LogP contribution in [0.3, 0.4) is 0 Å². The Labute approximate surface area is 160 Å². The van der Waals surface area contributed by atoms with Gasteiger partial charge in [0.1, 0.15) is 0 Å². The maximum absolute atomic E-state index is 12.7. The van der Waals surface area contributed by atoms with E-state index in [-0.39, 0.29) is 45.1 Å². The van der Waals surface area contributed by atoms with E-state index in [2.05, 4.69) is 37.3 Å². The van der Waals surface area contributed by atoms with Gasteiger partial charge in [-0.2, -0.15) is 5.01 Å². The van der Waals surface area contributed by atoms with Gasteiger partial charge in [0.15, 0.2) is 0 Å². The number of hydrogen-bond donors (Lipinski definition) is 1. The number of amides is 3. The number of hydrogen-bond acceptors (Lipinski definition) is 3. The average molecular weight is 477 g/mol. The molecule has 4 rings (SSSR count). The predicted octanol–water partition coefficient (Wildman–Crippen LogP) is 2.76. The minimum Gasteiger partial charge on any atom is -0.272 e. The second-order valence-electron chi connectivity index (χ2n) is 6.46. The third kappa shape index (κ3) is 2.28. The van der Waals surface area contributed by atoms with Gasteiger partial charge in [0.2, 0.25) is 0 Å². The Bertz CT molecular complexity index is 709. The third-order valence-electron chi connectivity index (χ3n) is 5.31. The highest BCUT2D eigenvalue weighted by Gasteiger charge is 2.66. The molecule has 1 aromatic carbocycles. The number of nitrogens with one attached hydrogen (secondary N) is 1. The summed E-state index contributed by atoms with van der Waals surface area (Å²) in [5.74, 6) is -1.53. The highest BCUT2D eigenvalue weighted by molar-refractivity contribution is 9.12. The second kappa shape index (κ2) is 5.81. The van der Waals surface area contributed by atoms with Crippen LogP contribution in [-0.2, 0) is 9.59 Å². The zero-order chi connectivity index (χ0) is 17.2. The fourth-order valence-corrected chi connectivity index (χ4v) is 6.23. The van der Waals surface area contributed by atoms with Gasteiger partial charge in [0, 0.05) is 20.2 Å². The van der Waals surface area contributed by atoms with Crippen LogP contribution >= 0.6 is 43.5 Å². The van der Waals surface area contributed by atoms with Gasteiger partial charge in [-0.25, -0.2) is 0 Å². The maximum Gasteiger partial charge on any atom is 0.270 e. The summed E-state index contributed by atoms with van der Waals surface area (Å²) in [4.78, 5) is 38.0. The molecule has 0 unspecified atom stereocenters. The zero-order valence-electron chi connectivity index (χ0n) is 12.3. The van der Waals surface area contributed by atoms with E-state index in [1.807, 2.05) is 0 Å². The Kier molecular flexibility index (Phi) is 4.01. The Hall–Kier alpha value is -0.920. The summed E-state index contributed by atoms with van der Waals surface area (Å²) in [5.41, 5.74) is 2.81. The highest BCUT2D eigenvalue weighted by atomic mass is 79.9. The van der Waals surface area contributed by atoms with Crippen LogP contribution < -0.4 is 5.43 Å². The first kappa shape index (κ1) is 16.5. The molecule has 2 saturated carbocycles. The first-order valence-corrected chi connectivity index (χ1v) is 9.83. The van der Waals surface area contributed by atoms with Crippen molar-refractivity contribution >= 4 is 61.2 Å². The number of carbonyl (C=O) groups is 3. The molecule has 0 radical (unpaired) electrons. The molecule has 2 bridgehead atoms. The van der Waals surface area contributed by atoms with Crippen molar-refractivity contribution in [3.8, 4) is 0 Å². The van der Waals surface area contributed by atoms with Crippen LogP contribution in [0.2, 0.25) is 5.02 Å². The lowest BCUT2D eigenvalue weighted by Gasteiger charge is -2.28. The van der Waals surface area contributed by atoms with Crippen LogP contribution in [0.5, 0.6) is 0 Å². The van der Waals surface area contributed by atoms with Crippen LogP contribution in [0.25, 0.3) is 0 Å². The van der Waals surface area contributed by atoms with Gasteiger partial charge in [0.05, 0.1) is 11.8 Å². The largest absolute Gasteiger partial charge is 0.272 e. The van der Waals surface area contributed by atoms with Crippen molar-refractivity contribution < 1.29 is 14.4 Å². The van der Waals surface area contributed by atoms with Gasteiger partial charge in [-0.1, -0.05) is 43.5 Å². The maximum atomic E-state index is 12.7. The molecular formula is C16H13Br2ClN2O3. The lowest BCUT2D eigenvalue weighted by atomic mass is 9.81. The average Bonchev–Trinajstić information content (AvgIpc) is 3.16. The van der Waals surface area contributed by atoms with E-state index in [0.717, 1.165) is 11.4 Å². The first-order valence-electron chi connectivity index (χ1n) is 7.62. The second-order valence-corrected chi connectivity index (χ2v) is 9.01. The lowest BCUT2D eigenvalue weighted by Crippen LogP contribution is -2.47. The van der Waals surface area contributed by atoms with Crippen molar-refractivity contribution in [1.82, 2.24) is 10.4 Å². The molecule has 1 N–H and O–H groups in total. The van der Waals surface area contributed by atoms with Crippen LogP contribution in [-0.4, -0.2) is 32.4 Å². The van der Waals surface area contributed by atoms with Crippen molar-refractivity contribution in [3.05, 3.63) is 34.9 Å². The summed E-state index contributed by atoms with van der Waals surface area (Å²) in [6, 6.07) is 6.28. The Morgan fingerprint density at radius 1 is 1.04 bits per heavy atom. The van der Waals surface area contributed by atoms with E-state index >= 15 is 0 Å². The minimum atomic E-state index is -0.494. The molecule has 8 heteroatoms. The molecule has 6 atom stereocenters. The fourth-order valence-electron chi connectivity index (χ4n) is 4.23. The van der Waals surface area contributed by atoms with E-state index < -0.39 is 5.91 Å². The van der Waals surface area contributed by atoms with Gasteiger partial charge in [0.25, 0.3) is 17.7 Å². The van der Waals surface area contributed by atoms with E-state index in [9.17, 15) is 14.4 Å². The van der Waals surface area contributed by atoms with Crippen LogP contribution in [0.1, 0.15) is 16.8 Å². The Morgan fingerprint density at radius 2 is 1.54 bits per heavy atom. The molecule has 1 saturated heterocycles. The third-order valence-corrected chi connectivity index (χ3v) is 8.77. The number of imide groups is 1. The molecule has 2 aliphatic carbocycles. The summed E-state index contributed by atoms with van der Waals surface area (Å²) in [7, 11) is 0. The number of benzene rings is 1. The van der Waals surface area contributed by atoms with Gasteiger partial charge >= 0.3 is 0 Å². The van der Waals surface area contributed by atoms with E-state index in [1.165, 1.54) is 0 Å². The number of rotatable bonds is 2. The predicted molar refractivity (Wildman–Crippen MR) is 94.8 cm³/mol. The molecule has 1 heterocycles. The quantitative estimate of drug-likeness (QED) is 0.527.